The summed E-state index contributed by atoms with van der Waals surface area (Å²) in [7, 11) is 1.57. The number of pyridine rings is 1. The fourth-order valence-electron chi connectivity index (χ4n) is 3.66. The number of nitrogens with zero attached hydrogens (tertiary/aromatic N) is 4. The smallest absolute Gasteiger partial charge is 0.261 e. The van der Waals surface area contributed by atoms with Crippen molar-refractivity contribution >= 4 is 33.4 Å². The Morgan fingerprint density at radius 3 is 2.77 bits per heavy atom. The summed E-state index contributed by atoms with van der Waals surface area (Å²) in [4.78, 5) is 16.8. The predicted octanol–water partition coefficient (Wildman–Crippen LogP) is 4.35. The van der Waals surface area contributed by atoms with Gasteiger partial charge >= 0.3 is 0 Å². The minimum absolute atomic E-state index is 0.0785. The first-order chi connectivity index (χ1) is 14.9. The molecule has 7 nitrogen and oxygen atoms in total. The number of nitrogens with one attached hydrogen (secondary N) is 2. The van der Waals surface area contributed by atoms with Crippen LogP contribution in [0.5, 0.6) is 0 Å². The zero-order valence-corrected chi connectivity index (χ0v) is 16.6. The second-order valence-electron chi connectivity index (χ2n) is 7.23. The highest BCUT2D eigenvalue weighted by Crippen LogP contribution is 2.31. The van der Waals surface area contributed by atoms with Gasteiger partial charge in [0.25, 0.3) is 5.91 Å². The molecule has 0 saturated heterocycles. The van der Waals surface area contributed by atoms with Crippen LogP contribution < -0.4 is 5.32 Å². The van der Waals surface area contributed by atoms with E-state index < -0.39 is 23.1 Å². The molecule has 2 aromatic carbocycles. The summed E-state index contributed by atoms with van der Waals surface area (Å²) in [6, 6.07) is 8.05. The normalized spacial score (nSPS) is 11.4. The molecule has 5 aromatic rings. The van der Waals surface area contributed by atoms with Crippen molar-refractivity contribution in [1.29, 1.82) is 0 Å². The van der Waals surface area contributed by atoms with E-state index in [2.05, 4.69) is 25.6 Å². The van der Waals surface area contributed by atoms with Crippen LogP contribution in [0.1, 0.15) is 15.9 Å². The first kappa shape index (κ1) is 18.9. The Morgan fingerprint density at radius 2 is 1.97 bits per heavy atom. The van der Waals surface area contributed by atoms with Gasteiger partial charge in [0, 0.05) is 42.1 Å². The molecule has 0 radical (unpaired) electrons. The molecule has 0 aliphatic rings. The fraction of sp³-hybridized carbons (Fsp3) is 0.0909. The van der Waals surface area contributed by atoms with Gasteiger partial charge in [-0.3, -0.25) is 19.6 Å². The van der Waals surface area contributed by atoms with E-state index in [-0.39, 0.29) is 10.9 Å². The fourth-order valence-corrected chi connectivity index (χ4v) is 3.66. The number of anilines is 1. The molecule has 154 valence electrons. The Bertz CT molecular complexity index is 1490. The molecule has 5 rings (SSSR count). The molecule has 0 fully saturated rings. The number of aromatic amines is 1. The van der Waals surface area contributed by atoms with Crippen LogP contribution in [0.25, 0.3) is 33.1 Å². The van der Waals surface area contributed by atoms with Crippen LogP contribution in [0.15, 0.2) is 48.9 Å². The number of aromatic nitrogens is 5. The predicted molar refractivity (Wildman–Crippen MR) is 113 cm³/mol. The molecule has 9 heteroatoms. The van der Waals surface area contributed by atoms with Crippen LogP contribution in [-0.2, 0) is 7.05 Å². The molecule has 0 unspecified atom stereocenters. The standard InChI is InChI=1S/C22H16F2N6O/c1-11-9-25-6-5-13(11)21-14-7-12(3-4-17(14)28-29-21)27-22(31)19-16(23)8-18-15(20(19)24)10-26-30(18)2/h3-10H,1-2H3,(H,27,31)(H,28,29). The third-order valence-electron chi connectivity index (χ3n) is 5.27. The molecule has 0 spiro atoms. The molecular formula is C22H16F2N6O. The van der Waals surface area contributed by atoms with Gasteiger partial charge < -0.3 is 5.32 Å². The van der Waals surface area contributed by atoms with Gasteiger partial charge in [0.2, 0.25) is 0 Å². The van der Waals surface area contributed by atoms with Gasteiger partial charge in [0.15, 0.2) is 0 Å². The molecule has 31 heavy (non-hydrogen) atoms. The van der Waals surface area contributed by atoms with Gasteiger partial charge in [-0.05, 0) is 36.8 Å². The zero-order chi connectivity index (χ0) is 21.7. The number of H-pyrrole nitrogens is 1. The van der Waals surface area contributed by atoms with Crippen molar-refractivity contribution in [1.82, 2.24) is 25.0 Å². The van der Waals surface area contributed by atoms with Gasteiger partial charge in [-0.2, -0.15) is 10.2 Å². The van der Waals surface area contributed by atoms with Gasteiger partial charge in [0.1, 0.15) is 22.9 Å². The van der Waals surface area contributed by atoms with E-state index in [0.717, 1.165) is 28.1 Å². The number of halogens is 2. The molecule has 0 aliphatic heterocycles. The lowest BCUT2D eigenvalue weighted by molar-refractivity contribution is 0.101. The molecule has 0 aliphatic carbocycles. The molecule has 2 N–H and O–H groups in total. The molecule has 0 saturated carbocycles. The second-order valence-corrected chi connectivity index (χ2v) is 7.23. The van der Waals surface area contributed by atoms with E-state index in [9.17, 15) is 13.6 Å². The number of fused-ring (bicyclic) bond motifs is 2. The lowest BCUT2D eigenvalue weighted by atomic mass is 10.0. The third-order valence-corrected chi connectivity index (χ3v) is 5.27. The number of hydrogen-bond donors (Lipinski definition) is 2. The molecule has 3 aromatic heterocycles. The first-order valence-electron chi connectivity index (χ1n) is 9.44. The summed E-state index contributed by atoms with van der Waals surface area (Å²) in [5.41, 5.74) is 3.29. The Kier molecular flexibility index (Phi) is 4.25. The summed E-state index contributed by atoms with van der Waals surface area (Å²) in [5, 5.41) is 14.7. The van der Waals surface area contributed by atoms with Crippen molar-refractivity contribution in [3.8, 4) is 11.3 Å². The molecule has 0 bridgehead atoms. The third kappa shape index (κ3) is 3.02. The monoisotopic (exact) mass is 418 g/mol. The average Bonchev–Trinajstić information content (AvgIpc) is 3.32. The van der Waals surface area contributed by atoms with Crippen molar-refractivity contribution < 1.29 is 13.6 Å². The number of aryl methyl sites for hydroxylation is 2. The van der Waals surface area contributed by atoms with E-state index in [4.69, 9.17) is 0 Å². The summed E-state index contributed by atoms with van der Waals surface area (Å²) < 4.78 is 30.8. The number of amides is 1. The van der Waals surface area contributed by atoms with Gasteiger partial charge in [-0.1, -0.05) is 0 Å². The number of hydrogen-bond acceptors (Lipinski definition) is 4. The Balaban J connectivity index is 1.54. The first-order valence-corrected chi connectivity index (χ1v) is 9.44. The highest BCUT2D eigenvalue weighted by atomic mass is 19.1. The van der Waals surface area contributed by atoms with Crippen molar-refractivity contribution in [2.75, 3.05) is 5.32 Å². The largest absolute Gasteiger partial charge is 0.322 e. The quantitative estimate of drug-likeness (QED) is 0.456. The van der Waals surface area contributed by atoms with Crippen LogP contribution >= 0.6 is 0 Å². The summed E-state index contributed by atoms with van der Waals surface area (Å²) in [6.45, 7) is 1.93. The number of carbonyl (C=O) groups is 1. The van der Waals surface area contributed by atoms with Crippen LogP contribution in [0.2, 0.25) is 0 Å². The summed E-state index contributed by atoms with van der Waals surface area (Å²) in [5.74, 6) is -2.79. The highest BCUT2D eigenvalue weighted by Gasteiger charge is 2.22. The SMILES string of the molecule is Cc1cnccc1-c1n[nH]c2ccc(NC(=O)c3c(F)cc4c(cnn4C)c3F)cc12. The summed E-state index contributed by atoms with van der Waals surface area (Å²) >= 11 is 0. The van der Waals surface area contributed by atoms with E-state index in [1.165, 1.54) is 10.9 Å². The van der Waals surface area contributed by atoms with Gasteiger partial charge in [0.05, 0.1) is 22.6 Å². The lowest BCUT2D eigenvalue weighted by Crippen LogP contribution is -2.16. The Hall–Kier alpha value is -4.14. The van der Waals surface area contributed by atoms with Crippen molar-refractivity contribution in [3.05, 3.63) is 71.7 Å². The Morgan fingerprint density at radius 1 is 1.13 bits per heavy atom. The maximum Gasteiger partial charge on any atom is 0.261 e. The highest BCUT2D eigenvalue weighted by molar-refractivity contribution is 6.08. The van der Waals surface area contributed by atoms with E-state index in [0.29, 0.717) is 11.4 Å². The van der Waals surface area contributed by atoms with Gasteiger partial charge in [-0.25, -0.2) is 8.78 Å². The second kappa shape index (κ2) is 6.98. The topological polar surface area (TPSA) is 88.5 Å². The van der Waals surface area contributed by atoms with Crippen molar-refractivity contribution in [3.63, 3.8) is 0 Å². The lowest BCUT2D eigenvalue weighted by Gasteiger charge is -2.09. The maximum atomic E-state index is 14.9. The van der Waals surface area contributed by atoms with Crippen molar-refractivity contribution in [2.24, 2.45) is 7.05 Å². The average molecular weight is 418 g/mol. The maximum absolute atomic E-state index is 14.9. The van der Waals surface area contributed by atoms with Crippen LogP contribution in [0.4, 0.5) is 14.5 Å². The molecule has 3 heterocycles. The Labute approximate surface area is 174 Å². The molecular weight excluding hydrogens is 402 g/mol. The van der Waals surface area contributed by atoms with E-state index in [1.54, 1.807) is 37.6 Å². The van der Waals surface area contributed by atoms with Gasteiger partial charge in [-0.15, -0.1) is 0 Å². The van der Waals surface area contributed by atoms with E-state index >= 15 is 0 Å². The molecule has 1 amide bonds. The molecule has 0 atom stereocenters. The van der Waals surface area contributed by atoms with E-state index in [1.807, 2.05) is 13.0 Å². The minimum atomic E-state index is -0.955. The number of rotatable bonds is 3. The number of carbonyl (C=O) groups excluding carboxylic acids is 1. The van der Waals surface area contributed by atoms with Crippen LogP contribution in [0.3, 0.4) is 0 Å². The summed E-state index contributed by atoms with van der Waals surface area (Å²) in [6.07, 6.45) is 4.68. The zero-order valence-electron chi connectivity index (χ0n) is 16.6. The van der Waals surface area contributed by atoms with Crippen LogP contribution in [-0.4, -0.2) is 30.9 Å². The minimum Gasteiger partial charge on any atom is -0.322 e. The number of benzene rings is 2. The van der Waals surface area contributed by atoms with Crippen LogP contribution in [0, 0.1) is 18.6 Å². The van der Waals surface area contributed by atoms with Crippen molar-refractivity contribution in [2.45, 2.75) is 6.92 Å².